The molecule has 4 heteroatoms. The van der Waals surface area contributed by atoms with E-state index in [0.29, 0.717) is 11.2 Å². The Morgan fingerprint density at radius 3 is 3.00 bits per heavy atom. The standard InChI is InChI=1S/C12H18N2OS/c1-3-8(2)16-7-11-13-10(9-4-5-9)6-12(15)14-11/h6,8-9H,3-5,7H2,1-2H3,(H,13,14,15). The number of aromatic amines is 1. The number of rotatable bonds is 5. The minimum atomic E-state index is -0.00310. The van der Waals surface area contributed by atoms with Gasteiger partial charge in [-0.1, -0.05) is 13.8 Å². The van der Waals surface area contributed by atoms with Gasteiger partial charge in [0, 0.05) is 17.2 Å². The Hall–Kier alpha value is -0.770. The lowest BCUT2D eigenvalue weighted by Crippen LogP contribution is -2.12. The van der Waals surface area contributed by atoms with Crippen molar-refractivity contribution in [2.45, 2.75) is 50.0 Å². The molecule has 1 aromatic rings. The molecule has 0 saturated heterocycles. The average molecular weight is 238 g/mol. The molecule has 0 spiro atoms. The summed E-state index contributed by atoms with van der Waals surface area (Å²) in [5.74, 6) is 2.19. The van der Waals surface area contributed by atoms with Gasteiger partial charge < -0.3 is 4.98 Å². The van der Waals surface area contributed by atoms with E-state index in [4.69, 9.17) is 0 Å². The number of thioether (sulfide) groups is 1. The lowest BCUT2D eigenvalue weighted by molar-refractivity contribution is 0.888. The van der Waals surface area contributed by atoms with Crippen molar-refractivity contribution in [2.24, 2.45) is 0 Å². The summed E-state index contributed by atoms with van der Waals surface area (Å²) in [6.07, 6.45) is 3.53. The number of hydrogen-bond acceptors (Lipinski definition) is 3. The molecule has 0 aromatic carbocycles. The van der Waals surface area contributed by atoms with Crippen molar-refractivity contribution in [3.05, 3.63) is 27.9 Å². The third-order valence-electron chi connectivity index (χ3n) is 2.89. The van der Waals surface area contributed by atoms with Crippen LogP contribution >= 0.6 is 11.8 Å². The molecule has 1 N–H and O–H groups in total. The Labute approximate surface area is 100 Å². The number of nitrogens with zero attached hydrogens (tertiary/aromatic N) is 1. The van der Waals surface area contributed by atoms with E-state index < -0.39 is 0 Å². The fourth-order valence-electron chi connectivity index (χ4n) is 1.52. The Morgan fingerprint density at radius 1 is 1.62 bits per heavy atom. The van der Waals surface area contributed by atoms with Gasteiger partial charge in [-0.05, 0) is 19.3 Å². The number of hydrogen-bond donors (Lipinski definition) is 1. The van der Waals surface area contributed by atoms with E-state index in [-0.39, 0.29) is 5.56 Å². The normalized spacial score (nSPS) is 17.4. The second-order valence-electron chi connectivity index (χ2n) is 4.42. The van der Waals surface area contributed by atoms with Crippen LogP contribution in [0.3, 0.4) is 0 Å². The second kappa shape index (κ2) is 5.04. The molecule has 0 amide bonds. The van der Waals surface area contributed by atoms with Crippen LogP contribution in [-0.4, -0.2) is 15.2 Å². The van der Waals surface area contributed by atoms with Crippen LogP contribution in [0.1, 0.15) is 50.5 Å². The summed E-state index contributed by atoms with van der Waals surface area (Å²) in [6.45, 7) is 4.38. The highest BCUT2D eigenvalue weighted by Gasteiger charge is 2.25. The lowest BCUT2D eigenvalue weighted by Gasteiger charge is -2.08. The van der Waals surface area contributed by atoms with Crippen molar-refractivity contribution in [1.29, 1.82) is 0 Å². The maximum absolute atomic E-state index is 11.5. The van der Waals surface area contributed by atoms with E-state index in [2.05, 4.69) is 23.8 Å². The zero-order chi connectivity index (χ0) is 11.5. The third-order valence-corrected chi connectivity index (χ3v) is 4.23. The summed E-state index contributed by atoms with van der Waals surface area (Å²) in [7, 11) is 0. The molecular formula is C12H18N2OS. The average Bonchev–Trinajstić information content (AvgIpc) is 3.09. The summed E-state index contributed by atoms with van der Waals surface area (Å²) in [4.78, 5) is 18.8. The Morgan fingerprint density at radius 2 is 2.38 bits per heavy atom. The molecule has 2 rings (SSSR count). The topological polar surface area (TPSA) is 45.8 Å². The number of nitrogens with one attached hydrogen (secondary N) is 1. The summed E-state index contributed by atoms with van der Waals surface area (Å²) in [5.41, 5.74) is 0.986. The summed E-state index contributed by atoms with van der Waals surface area (Å²) in [5, 5.41) is 0.620. The van der Waals surface area contributed by atoms with E-state index in [9.17, 15) is 4.79 Å². The molecule has 0 radical (unpaired) electrons. The van der Waals surface area contributed by atoms with E-state index >= 15 is 0 Å². The van der Waals surface area contributed by atoms with Gasteiger partial charge in [0.05, 0.1) is 11.4 Å². The monoisotopic (exact) mass is 238 g/mol. The zero-order valence-electron chi connectivity index (χ0n) is 9.82. The highest BCUT2D eigenvalue weighted by molar-refractivity contribution is 7.99. The molecule has 1 aromatic heterocycles. The smallest absolute Gasteiger partial charge is 0.251 e. The molecule has 1 aliphatic carbocycles. The van der Waals surface area contributed by atoms with E-state index in [1.54, 1.807) is 6.07 Å². The molecule has 0 aliphatic heterocycles. The molecule has 1 saturated carbocycles. The Kier molecular flexibility index (Phi) is 3.69. The molecule has 16 heavy (non-hydrogen) atoms. The first-order chi connectivity index (χ1) is 7.69. The molecule has 0 bridgehead atoms. The fraction of sp³-hybridized carbons (Fsp3) is 0.667. The summed E-state index contributed by atoms with van der Waals surface area (Å²) >= 11 is 1.85. The van der Waals surface area contributed by atoms with Crippen LogP contribution < -0.4 is 5.56 Å². The van der Waals surface area contributed by atoms with Crippen LogP contribution in [0, 0.1) is 0 Å². The van der Waals surface area contributed by atoms with Crippen LogP contribution in [0.4, 0.5) is 0 Å². The first-order valence-electron chi connectivity index (χ1n) is 5.90. The van der Waals surface area contributed by atoms with E-state index in [1.165, 1.54) is 12.8 Å². The van der Waals surface area contributed by atoms with Gasteiger partial charge in [-0.3, -0.25) is 4.79 Å². The van der Waals surface area contributed by atoms with Gasteiger partial charge in [-0.15, -0.1) is 0 Å². The quantitative estimate of drug-likeness (QED) is 0.858. The van der Waals surface area contributed by atoms with Crippen LogP contribution in [0.15, 0.2) is 10.9 Å². The summed E-state index contributed by atoms with van der Waals surface area (Å²) < 4.78 is 0. The van der Waals surface area contributed by atoms with Gasteiger partial charge in [0.25, 0.3) is 5.56 Å². The lowest BCUT2D eigenvalue weighted by atomic mass is 10.3. The minimum absolute atomic E-state index is 0.00310. The van der Waals surface area contributed by atoms with Gasteiger partial charge in [-0.2, -0.15) is 11.8 Å². The van der Waals surface area contributed by atoms with E-state index in [0.717, 1.165) is 23.7 Å². The molecule has 88 valence electrons. The molecule has 1 fully saturated rings. The van der Waals surface area contributed by atoms with Crippen LogP contribution in [0.25, 0.3) is 0 Å². The van der Waals surface area contributed by atoms with Crippen molar-refractivity contribution in [1.82, 2.24) is 9.97 Å². The predicted octanol–water partition coefficient (Wildman–Crippen LogP) is 2.68. The minimum Gasteiger partial charge on any atom is -0.310 e. The predicted molar refractivity (Wildman–Crippen MR) is 67.9 cm³/mol. The Balaban J connectivity index is 2.05. The molecule has 1 atom stereocenters. The van der Waals surface area contributed by atoms with Crippen molar-refractivity contribution in [3.63, 3.8) is 0 Å². The first-order valence-corrected chi connectivity index (χ1v) is 6.95. The Bertz CT molecular complexity index is 412. The molecule has 1 aliphatic rings. The molecule has 3 nitrogen and oxygen atoms in total. The molecule has 1 unspecified atom stereocenters. The zero-order valence-corrected chi connectivity index (χ0v) is 10.6. The third kappa shape index (κ3) is 3.11. The van der Waals surface area contributed by atoms with Crippen LogP contribution in [0.5, 0.6) is 0 Å². The highest BCUT2D eigenvalue weighted by atomic mass is 32.2. The summed E-state index contributed by atoms with van der Waals surface area (Å²) in [6, 6.07) is 1.65. The maximum atomic E-state index is 11.5. The number of aromatic nitrogens is 2. The van der Waals surface area contributed by atoms with Crippen LogP contribution in [0.2, 0.25) is 0 Å². The number of H-pyrrole nitrogens is 1. The van der Waals surface area contributed by atoms with Gasteiger partial charge in [0.1, 0.15) is 5.82 Å². The van der Waals surface area contributed by atoms with Gasteiger partial charge in [0.15, 0.2) is 0 Å². The second-order valence-corrected chi connectivity index (χ2v) is 5.85. The van der Waals surface area contributed by atoms with Gasteiger partial charge >= 0.3 is 0 Å². The van der Waals surface area contributed by atoms with Crippen LogP contribution in [-0.2, 0) is 5.75 Å². The van der Waals surface area contributed by atoms with Crippen molar-refractivity contribution < 1.29 is 0 Å². The maximum Gasteiger partial charge on any atom is 0.251 e. The first kappa shape index (κ1) is 11.7. The molecular weight excluding hydrogens is 220 g/mol. The SMILES string of the molecule is CCC(C)SCc1nc(C2CC2)cc(=O)[nH]1. The fourth-order valence-corrected chi connectivity index (χ4v) is 2.34. The van der Waals surface area contributed by atoms with Gasteiger partial charge in [0.2, 0.25) is 0 Å². The van der Waals surface area contributed by atoms with Gasteiger partial charge in [-0.25, -0.2) is 4.98 Å². The highest BCUT2D eigenvalue weighted by Crippen LogP contribution is 2.38. The van der Waals surface area contributed by atoms with Crippen molar-refractivity contribution in [2.75, 3.05) is 0 Å². The van der Waals surface area contributed by atoms with Crippen molar-refractivity contribution in [3.8, 4) is 0 Å². The van der Waals surface area contributed by atoms with E-state index in [1.807, 2.05) is 11.8 Å². The van der Waals surface area contributed by atoms with Crippen molar-refractivity contribution >= 4 is 11.8 Å². The largest absolute Gasteiger partial charge is 0.310 e. The molecule has 1 heterocycles.